The van der Waals surface area contributed by atoms with Gasteiger partial charge in [-0.2, -0.15) is 5.26 Å². The fourth-order valence-corrected chi connectivity index (χ4v) is 0.920. The van der Waals surface area contributed by atoms with Crippen LogP contribution in [0.1, 0.15) is 11.1 Å². The summed E-state index contributed by atoms with van der Waals surface area (Å²) < 4.78 is 0. The minimum absolute atomic E-state index is 0.130. The van der Waals surface area contributed by atoms with Gasteiger partial charge in [0.1, 0.15) is 6.07 Å². The van der Waals surface area contributed by atoms with Gasteiger partial charge in [0.05, 0.1) is 10.6 Å². The van der Waals surface area contributed by atoms with E-state index in [0.717, 1.165) is 5.56 Å². The van der Waals surface area contributed by atoms with Crippen molar-refractivity contribution in [2.24, 2.45) is 0 Å². The highest BCUT2D eigenvalue weighted by molar-refractivity contribution is 6.32. The average molecular weight is 168 g/mol. The summed E-state index contributed by atoms with van der Waals surface area (Å²) in [4.78, 5) is 0. The number of hydrogen-bond donors (Lipinski definition) is 1. The van der Waals surface area contributed by atoms with Crippen molar-refractivity contribution in [1.82, 2.24) is 0 Å². The first-order chi connectivity index (χ1) is 5.16. The van der Waals surface area contributed by atoms with E-state index >= 15 is 0 Å². The molecule has 56 valence electrons. The van der Waals surface area contributed by atoms with E-state index in [1.807, 2.05) is 6.07 Å². The summed E-state index contributed by atoms with van der Waals surface area (Å²) in [5.41, 5.74) is 0.976. The molecule has 0 atom stereocenters. The summed E-state index contributed by atoms with van der Waals surface area (Å²) in [7, 11) is 0. The van der Waals surface area contributed by atoms with Gasteiger partial charge < -0.3 is 5.11 Å². The molecule has 1 aromatic rings. The van der Waals surface area contributed by atoms with E-state index in [-0.39, 0.29) is 16.3 Å². The Kier molecular flexibility index (Phi) is 2.02. The Labute approximate surface area is 69.7 Å². The summed E-state index contributed by atoms with van der Waals surface area (Å²) >= 11 is 5.66. The van der Waals surface area contributed by atoms with Crippen LogP contribution in [0.15, 0.2) is 12.1 Å². The van der Waals surface area contributed by atoms with Crippen molar-refractivity contribution in [3.8, 4) is 11.8 Å². The Morgan fingerprint density at radius 3 is 2.73 bits per heavy atom. The van der Waals surface area contributed by atoms with Gasteiger partial charge >= 0.3 is 0 Å². The maximum atomic E-state index is 9.22. The second-order valence-electron chi connectivity index (χ2n) is 2.20. The number of phenolic OH excluding ortho intramolecular Hbond substituents is 1. The molecule has 0 aliphatic rings. The molecule has 0 aliphatic heterocycles. The van der Waals surface area contributed by atoms with Crippen LogP contribution in [-0.4, -0.2) is 5.11 Å². The average Bonchev–Trinajstić information content (AvgIpc) is 2.01. The van der Waals surface area contributed by atoms with Crippen LogP contribution < -0.4 is 0 Å². The van der Waals surface area contributed by atoms with Gasteiger partial charge in [0, 0.05) is 0 Å². The number of nitrogens with zero attached hydrogens (tertiary/aromatic N) is 1. The molecule has 2 nitrogen and oxygen atoms in total. The normalized spacial score (nSPS) is 9.18. The summed E-state index contributed by atoms with van der Waals surface area (Å²) in [6.45, 7) is 1.77. The molecule has 1 N–H and O–H groups in total. The maximum Gasteiger partial charge on any atom is 0.152 e. The standard InChI is InChI=1S/C8H6ClNO/c1-5-2-3-6(4-10)8(11)7(5)9/h2-3,11H,1H3. The van der Waals surface area contributed by atoms with E-state index in [4.69, 9.17) is 16.9 Å². The minimum Gasteiger partial charge on any atom is -0.505 e. The molecular weight excluding hydrogens is 162 g/mol. The second kappa shape index (κ2) is 2.81. The van der Waals surface area contributed by atoms with Gasteiger partial charge in [-0.3, -0.25) is 0 Å². The summed E-state index contributed by atoms with van der Waals surface area (Å²) in [5, 5.41) is 17.9. The van der Waals surface area contributed by atoms with Crippen molar-refractivity contribution in [2.75, 3.05) is 0 Å². The molecular formula is C8H6ClNO. The molecule has 0 aromatic heterocycles. The topological polar surface area (TPSA) is 44.0 Å². The van der Waals surface area contributed by atoms with E-state index in [0.29, 0.717) is 0 Å². The highest BCUT2D eigenvalue weighted by Crippen LogP contribution is 2.29. The predicted octanol–water partition coefficient (Wildman–Crippen LogP) is 2.23. The molecule has 0 aliphatic carbocycles. The van der Waals surface area contributed by atoms with Gasteiger partial charge in [-0.25, -0.2) is 0 Å². The van der Waals surface area contributed by atoms with Crippen molar-refractivity contribution in [1.29, 1.82) is 5.26 Å². The Bertz CT molecular complexity index is 328. The van der Waals surface area contributed by atoms with Crippen molar-refractivity contribution in [3.05, 3.63) is 28.3 Å². The third kappa shape index (κ3) is 1.28. The number of halogens is 1. The summed E-state index contributed by atoms with van der Waals surface area (Å²) in [6, 6.07) is 5.06. The number of aryl methyl sites for hydroxylation is 1. The molecule has 0 radical (unpaired) electrons. The zero-order valence-electron chi connectivity index (χ0n) is 5.93. The van der Waals surface area contributed by atoms with Crippen LogP contribution in [0.5, 0.6) is 5.75 Å². The highest BCUT2D eigenvalue weighted by Gasteiger charge is 2.06. The lowest BCUT2D eigenvalue weighted by Crippen LogP contribution is -1.80. The van der Waals surface area contributed by atoms with Crippen LogP contribution >= 0.6 is 11.6 Å². The van der Waals surface area contributed by atoms with Gasteiger partial charge in [0.2, 0.25) is 0 Å². The molecule has 0 heterocycles. The van der Waals surface area contributed by atoms with Crippen LogP contribution in [-0.2, 0) is 0 Å². The lowest BCUT2D eigenvalue weighted by Gasteiger charge is -2.00. The number of benzene rings is 1. The summed E-state index contributed by atoms with van der Waals surface area (Å²) in [5.74, 6) is -0.130. The molecule has 0 unspecified atom stereocenters. The quantitative estimate of drug-likeness (QED) is 0.644. The fraction of sp³-hybridized carbons (Fsp3) is 0.125. The molecule has 0 amide bonds. The predicted molar refractivity (Wildman–Crippen MR) is 42.6 cm³/mol. The van der Waals surface area contributed by atoms with E-state index in [1.165, 1.54) is 6.07 Å². The second-order valence-corrected chi connectivity index (χ2v) is 2.58. The Morgan fingerprint density at radius 1 is 1.55 bits per heavy atom. The zero-order valence-corrected chi connectivity index (χ0v) is 6.68. The van der Waals surface area contributed by atoms with Crippen LogP contribution in [0.3, 0.4) is 0 Å². The first-order valence-electron chi connectivity index (χ1n) is 3.05. The molecule has 1 aromatic carbocycles. The van der Waals surface area contributed by atoms with Crippen molar-refractivity contribution in [3.63, 3.8) is 0 Å². The molecule has 0 bridgehead atoms. The SMILES string of the molecule is Cc1ccc(C#N)c(O)c1Cl. The molecule has 3 heteroatoms. The Balaban J connectivity index is 3.40. The molecule has 11 heavy (non-hydrogen) atoms. The minimum atomic E-state index is -0.130. The molecule has 0 saturated carbocycles. The van der Waals surface area contributed by atoms with E-state index in [2.05, 4.69) is 0 Å². The van der Waals surface area contributed by atoms with E-state index in [1.54, 1.807) is 13.0 Å². The monoisotopic (exact) mass is 167 g/mol. The molecule has 0 spiro atoms. The largest absolute Gasteiger partial charge is 0.505 e. The highest BCUT2D eigenvalue weighted by atomic mass is 35.5. The molecule has 0 fully saturated rings. The lowest BCUT2D eigenvalue weighted by molar-refractivity contribution is 0.473. The van der Waals surface area contributed by atoms with Crippen LogP contribution in [0, 0.1) is 18.3 Å². The van der Waals surface area contributed by atoms with Gasteiger partial charge in [-0.1, -0.05) is 17.7 Å². The maximum absolute atomic E-state index is 9.22. The number of phenols is 1. The van der Waals surface area contributed by atoms with Gasteiger partial charge in [0.15, 0.2) is 5.75 Å². The summed E-state index contributed by atoms with van der Waals surface area (Å²) in [6.07, 6.45) is 0. The number of aromatic hydroxyl groups is 1. The van der Waals surface area contributed by atoms with E-state index in [9.17, 15) is 5.11 Å². The number of nitriles is 1. The van der Waals surface area contributed by atoms with Crippen LogP contribution in [0.4, 0.5) is 0 Å². The molecule has 0 saturated heterocycles. The zero-order chi connectivity index (χ0) is 8.43. The number of hydrogen-bond acceptors (Lipinski definition) is 2. The van der Waals surface area contributed by atoms with Crippen LogP contribution in [0.2, 0.25) is 5.02 Å². The number of rotatable bonds is 0. The Morgan fingerprint density at radius 2 is 2.18 bits per heavy atom. The van der Waals surface area contributed by atoms with Crippen molar-refractivity contribution >= 4 is 11.6 Å². The first kappa shape index (κ1) is 7.90. The van der Waals surface area contributed by atoms with Crippen molar-refractivity contribution in [2.45, 2.75) is 6.92 Å². The van der Waals surface area contributed by atoms with Gasteiger partial charge in [0.25, 0.3) is 0 Å². The lowest BCUT2D eigenvalue weighted by atomic mass is 10.1. The van der Waals surface area contributed by atoms with E-state index < -0.39 is 0 Å². The van der Waals surface area contributed by atoms with Crippen molar-refractivity contribution < 1.29 is 5.11 Å². The third-order valence-electron chi connectivity index (χ3n) is 1.43. The smallest absolute Gasteiger partial charge is 0.152 e. The third-order valence-corrected chi connectivity index (χ3v) is 1.91. The fourth-order valence-electron chi connectivity index (χ4n) is 0.756. The van der Waals surface area contributed by atoms with Gasteiger partial charge in [-0.15, -0.1) is 0 Å². The van der Waals surface area contributed by atoms with Gasteiger partial charge in [-0.05, 0) is 18.6 Å². The molecule has 1 rings (SSSR count). The first-order valence-corrected chi connectivity index (χ1v) is 3.42. The van der Waals surface area contributed by atoms with Crippen LogP contribution in [0.25, 0.3) is 0 Å². The Hall–Kier alpha value is -1.20.